The molecule has 0 bridgehead atoms. The molecule has 3 aliphatic rings. The molecule has 0 spiro atoms. The predicted octanol–water partition coefficient (Wildman–Crippen LogP) is 2.57. The van der Waals surface area contributed by atoms with Gasteiger partial charge >= 0.3 is 0 Å². The van der Waals surface area contributed by atoms with E-state index in [4.69, 9.17) is 14.2 Å². The zero-order valence-corrected chi connectivity index (χ0v) is 15.5. The average Bonchev–Trinajstić information content (AvgIpc) is 3.26. The first kappa shape index (κ1) is 18.0. The number of hydrogen-bond acceptors (Lipinski definition) is 4. The van der Waals surface area contributed by atoms with Gasteiger partial charge in [-0.05, 0) is 18.4 Å². The van der Waals surface area contributed by atoms with E-state index in [-0.39, 0.29) is 30.3 Å². The molecule has 4 atom stereocenters. The zero-order chi connectivity index (χ0) is 17.9. The highest BCUT2D eigenvalue weighted by molar-refractivity contribution is 5.79. The summed E-state index contributed by atoms with van der Waals surface area (Å²) in [5.41, 5.74) is 1.07. The summed E-state index contributed by atoms with van der Waals surface area (Å²) >= 11 is 0. The first-order valence-electron chi connectivity index (χ1n) is 9.89. The molecule has 0 aromatic heterocycles. The number of fused-ring (bicyclic) bond motifs is 1. The lowest BCUT2D eigenvalue weighted by Crippen LogP contribution is -2.53. The minimum Gasteiger partial charge on any atom is -0.376 e. The molecule has 2 saturated heterocycles. The molecule has 26 heavy (non-hydrogen) atoms. The molecule has 2 heterocycles. The molecule has 1 amide bonds. The Morgan fingerprint density at radius 3 is 2.54 bits per heavy atom. The van der Waals surface area contributed by atoms with Crippen LogP contribution in [0.25, 0.3) is 0 Å². The summed E-state index contributed by atoms with van der Waals surface area (Å²) in [4.78, 5) is 15.4. The van der Waals surface area contributed by atoms with Crippen LogP contribution in [0.3, 0.4) is 0 Å². The lowest BCUT2D eigenvalue weighted by molar-refractivity contribution is -0.139. The fraction of sp³-hybridized carbons (Fsp3) is 0.667. The standard InChI is InChI=1S/C21H29NO4/c1-24-18-14-26-20-17(13-25-21(18)20)22(16-10-6-3-7-11-16)19(23)12-15-8-4-2-5-9-15/h2,4-5,8-9,16-18,20-21H,3,6-7,10-14H2,1H3/t17-,18-,20?,21?/m1/s1. The van der Waals surface area contributed by atoms with Gasteiger partial charge in [-0.1, -0.05) is 49.6 Å². The highest BCUT2D eigenvalue weighted by atomic mass is 16.6. The van der Waals surface area contributed by atoms with E-state index in [1.54, 1.807) is 7.11 Å². The summed E-state index contributed by atoms with van der Waals surface area (Å²) in [5.74, 6) is 0.196. The van der Waals surface area contributed by atoms with Crippen LogP contribution in [-0.4, -0.2) is 61.5 Å². The Morgan fingerprint density at radius 1 is 1.08 bits per heavy atom. The SMILES string of the molecule is CO[C@@H]1COC2C1OC[C@H]2N(C(=O)Cc1ccccc1)C1CCCCC1. The molecule has 1 saturated carbocycles. The molecule has 142 valence electrons. The van der Waals surface area contributed by atoms with Gasteiger partial charge in [-0.2, -0.15) is 0 Å². The van der Waals surface area contributed by atoms with Crippen molar-refractivity contribution in [3.8, 4) is 0 Å². The molecule has 1 aliphatic carbocycles. The Labute approximate surface area is 155 Å². The minimum atomic E-state index is -0.0680. The van der Waals surface area contributed by atoms with Gasteiger partial charge in [0, 0.05) is 13.2 Å². The van der Waals surface area contributed by atoms with E-state index in [0.717, 1.165) is 18.4 Å². The van der Waals surface area contributed by atoms with Crippen LogP contribution < -0.4 is 0 Å². The van der Waals surface area contributed by atoms with Crippen molar-refractivity contribution in [3.05, 3.63) is 35.9 Å². The van der Waals surface area contributed by atoms with Crippen LogP contribution in [0.1, 0.15) is 37.7 Å². The van der Waals surface area contributed by atoms with Gasteiger partial charge in [-0.25, -0.2) is 0 Å². The van der Waals surface area contributed by atoms with Gasteiger partial charge in [0.2, 0.25) is 5.91 Å². The van der Waals surface area contributed by atoms with Crippen molar-refractivity contribution >= 4 is 5.91 Å². The van der Waals surface area contributed by atoms with E-state index in [1.165, 1.54) is 19.3 Å². The average molecular weight is 359 g/mol. The Kier molecular flexibility index (Phi) is 5.57. The third-order valence-corrected chi connectivity index (χ3v) is 6.10. The van der Waals surface area contributed by atoms with E-state index < -0.39 is 0 Å². The fourth-order valence-corrected chi connectivity index (χ4v) is 4.77. The molecule has 2 aliphatic heterocycles. The molecule has 3 fully saturated rings. The molecule has 1 aromatic carbocycles. The summed E-state index contributed by atoms with van der Waals surface area (Å²) in [5, 5.41) is 0. The van der Waals surface area contributed by atoms with Gasteiger partial charge in [0.25, 0.3) is 0 Å². The summed E-state index contributed by atoms with van der Waals surface area (Å²) in [6, 6.07) is 10.3. The summed E-state index contributed by atoms with van der Waals surface area (Å²) in [7, 11) is 1.70. The molecule has 4 rings (SSSR count). The van der Waals surface area contributed by atoms with Crippen LogP contribution in [0.2, 0.25) is 0 Å². The minimum absolute atomic E-state index is 0.000498. The van der Waals surface area contributed by atoms with Gasteiger partial charge in [-0.15, -0.1) is 0 Å². The van der Waals surface area contributed by atoms with Gasteiger partial charge in [0.05, 0.1) is 25.7 Å². The first-order valence-corrected chi connectivity index (χ1v) is 9.89. The molecule has 2 unspecified atom stereocenters. The van der Waals surface area contributed by atoms with Crippen molar-refractivity contribution in [2.45, 2.75) is 68.9 Å². The summed E-state index contributed by atoms with van der Waals surface area (Å²) < 4.78 is 17.5. The number of carbonyl (C=O) groups excluding carboxylic acids is 1. The highest BCUT2D eigenvalue weighted by Crippen LogP contribution is 2.35. The van der Waals surface area contributed by atoms with Gasteiger partial charge < -0.3 is 19.1 Å². The van der Waals surface area contributed by atoms with E-state index >= 15 is 0 Å². The lowest BCUT2D eigenvalue weighted by atomic mass is 9.91. The summed E-state index contributed by atoms with van der Waals surface area (Å²) in [6.45, 7) is 1.10. The number of ether oxygens (including phenoxy) is 3. The second-order valence-electron chi connectivity index (χ2n) is 7.69. The van der Waals surface area contributed by atoms with Crippen LogP contribution >= 0.6 is 0 Å². The van der Waals surface area contributed by atoms with Crippen LogP contribution in [0.5, 0.6) is 0 Å². The number of nitrogens with zero attached hydrogens (tertiary/aromatic N) is 1. The predicted molar refractivity (Wildman–Crippen MR) is 97.9 cm³/mol. The lowest BCUT2D eigenvalue weighted by Gasteiger charge is -2.40. The van der Waals surface area contributed by atoms with Crippen molar-refractivity contribution in [1.29, 1.82) is 0 Å². The fourth-order valence-electron chi connectivity index (χ4n) is 4.77. The smallest absolute Gasteiger partial charge is 0.227 e. The molecule has 5 heteroatoms. The molecule has 0 radical (unpaired) electrons. The number of hydrogen-bond donors (Lipinski definition) is 0. The van der Waals surface area contributed by atoms with Crippen LogP contribution in [0.15, 0.2) is 30.3 Å². The zero-order valence-electron chi connectivity index (χ0n) is 15.5. The molecule has 0 N–H and O–H groups in total. The quantitative estimate of drug-likeness (QED) is 0.811. The Hall–Kier alpha value is -1.43. The molecular weight excluding hydrogens is 330 g/mol. The Morgan fingerprint density at radius 2 is 1.81 bits per heavy atom. The van der Waals surface area contributed by atoms with Crippen molar-refractivity contribution < 1.29 is 19.0 Å². The molecule has 1 aromatic rings. The Bertz CT molecular complexity index is 601. The van der Waals surface area contributed by atoms with Crippen molar-refractivity contribution in [3.63, 3.8) is 0 Å². The number of amides is 1. The monoisotopic (exact) mass is 359 g/mol. The number of methoxy groups -OCH3 is 1. The first-order chi connectivity index (χ1) is 12.8. The second-order valence-corrected chi connectivity index (χ2v) is 7.69. The maximum atomic E-state index is 13.3. The Balaban J connectivity index is 1.54. The van der Waals surface area contributed by atoms with E-state index in [2.05, 4.69) is 4.90 Å². The number of rotatable bonds is 5. The van der Waals surface area contributed by atoms with Crippen molar-refractivity contribution in [2.24, 2.45) is 0 Å². The number of benzene rings is 1. The van der Waals surface area contributed by atoms with Crippen LogP contribution in [0.4, 0.5) is 0 Å². The topological polar surface area (TPSA) is 48.0 Å². The van der Waals surface area contributed by atoms with Gasteiger partial charge in [0.1, 0.15) is 18.3 Å². The molecular formula is C21H29NO4. The second kappa shape index (κ2) is 8.07. The van der Waals surface area contributed by atoms with E-state index in [0.29, 0.717) is 25.7 Å². The van der Waals surface area contributed by atoms with Gasteiger partial charge in [-0.3, -0.25) is 4.79 Å². The van der Waals surface area contributed by atoms with Crippen LogP contribution in [0, 0.1) is 0 Å². The largest absolute Gasteiger partial charge is 0.376 e. The van der Waals surface area contributed by atoms with Gasteiger partial charge in [0.15, 0.2) is 0 Å². The van der Waals surface area contributed by atoms with E-state index in [9.17, 15) is 4.79 Å². The third kappa shape index (κ3) is 3.53. The normalized spacial score (nSPS) is 31.7. The highest BCUT2D eigenvalue weighted by Gasteiger charge is 2.51. The summed E-state index contributed by atoms with van der Waals surface area (Å²) in [6.07, 6.45) is 6.13. The maximum absolute atomic E-state index is 13.3. The number of carbonyl (C=O) groups is 1. The van der Waals surface area contributed by atoms with Crippen LogP contribution in [-0.2, 0) is 25.4 Å². The third-order valence-electron chi connectivity index (χ3n) is 6.10. The maximum Gasteiger partial charge on any atom is 0.227 e. The van der Waals surface area contributed by atoms with Crippen molar-refractivity contribution in [1.82, 2.24) is 4.90 Å². The van der Waals surface area contributed by atoms with E-state index in [1.807, 2.05) is 30.3 Å². The molecule has 5 nitrogen and oxygen atoms in total. The van der Waals surface area contributed by atoms with Crippen molar-refractivity contribution in [2.75, 3.05) is 20.3 Å².